The predicted molar refractivity (Wildman–Crippen MR) is 129 cm³/mol. The summed E-state index contributed by atoms with van der Waals surface area (Å²) in [7, 11) is 1.79. The van der Waals surface area contributed by atoms with Crippen LogP contribution >= 0.6 is 0 Å². The molecule has 4 rings (SSSR count). The third kappa shape index (κ3) is 4.54. The summed E-state index contributed by atoms with van der Waals surface area (Å²) < 4.78 is 34.7. The molecule has 178 valence electrons. The van der Waals surface area contributed by atoms with Gasteiger partial charge in [-0.3, -0.25) is 13.9 Å². The van der Waals surface area contributed by atoms with Crippen molar-refractivity contribution in [3.8, 4) is 5.75 Å². The maximum Gasteiger partial charge on any atom is 0.332 e. The van der Waals surface area contributed by atoms with E-state index in [9.17, 15) is 18.5 Å². The Morgan fingerprint density at radius 3 is 2.55 bits per heavy atom. The Morgan fingerprint density at radius 2 is 1.91 bits per heavy atom. The van der Waals surface area contributed by atoms with Gasteiger partial charge in [-0.1, -0.05) is 23.3 Å². The van der Waals surface area contributed by atoms with E-state index in [0.29, 0.717) is 54.5 Å². The Morgan fingerprint density at radius 1 is 1.21 bits per heavy atom. The number of nitrogens with one attached hydrogen (secondary N) is 1. The maximum atomic E-state index is 14.6. The predicted octanol–water partition coefficient (Wildman–Crippen LogP) is 2.38. The van der Waals surface area contributed by atoms with Crippen molar-refractivity contribution in [2.75, 3.05) is 28.8 Å². The van der Waals surface area contributed by atoms with Gasteiger partial charge in [0.15, 0.2) is 11.6 Å². The standard InChI is InChI=1S/C23H29FN4O4S/c1-4-27-21-20(22(29)28(5-2)23(27)30)26(3)19(25-21)9-7-15-6-8-18(17(24)14-15)32-16-10-12-33(31)13-11-16/h6-9,14,16,19,25H,4-5,10-13H2,1-3H3/b9-7+. The number of rotatable bonds is 6. The van der Waals surface area contributed by atoms with Crippen molar-refractivity contribution in [3.05, 3.63) is 56.5 Å². The fourth-order valence-corrected chi connectivity index (χ4v) is 5.52. The first-order valence-electron chi connectivity index (χ1n) is 11.2. The van der Waals surface area contributed by atoms with Crippen molar-refractivity contribution in [1.82, 2.24) is 9.13 Å². The summed E-state index contributed by atoms with van der Waals surface area (Å²) in [5.74, 6) is 1.42. The fraction of sp³-hybridized carbons (Fsp3) is 0.478. The zero-order valence-corrected chi connectivity index (χ0v) is 19.9. The van der Waals surface area contributed by atoms with Crippen molar-refractivity contribution >= 4 is 28.8 Å². The number of fused-ring (bicyclic) bond motifs is 1. The van der Waals surface area contributed by atoms with Gasteiger partial charge >= 0.3 is 5.69 Å². The van der Waals surface area contributed by atoms with Crippen LogP contribution in [0.3, 0.4) is 0 Å². The highest BCUT2D eigenvalue weighted by Gasteiger charge is 2.31. The summed E-state index contributed by atoms with van der Waals surface area (Å²) >= 11 is -0.789. The molecular weight excluding hydrogens is 447 g/mol. The summed E-state index contributed by atoms with van der Waals surface area (Å²) in [4.78, 5) is 27.2. The Labute approximate surface area is 194 Å². The molecule has 1 aromatic heterocycles. The van der Waals surface area contributed by atoms with Crippen LogP contribution in [0.4, 0.5) is 15.9 Å². The van der Waals surface area contributed by atoms with Gasteiger partial charge in [0.1, 0.15) is 35.3 Å². The van der Waals surface area contributed by atoms with Crippen molar-refractivity contribution in [2.24, 2.45) is 0 Å². The summed E-state index contributed by atoms with van der Waals surface area (Å²) in [6.07, 6.45) is 4.44. The Kier molecular flexibility index (Phi) is 6.85. The van der Waals surface area contributed by atoms with E-state index in [1.165, 1.54) is 10.6 Å². The minimum absolute atomic E-state index is 0.114. The van der Waals surface area contributed by atoms with E-state index in [1.807, 2.05) is 13.0 Å². The number of hydrogen-bond acceptors (Lipinski definition) is 6. The molecule has 0 aliphatic carbocycles. The molecule has 1 fully saturated rings. The molecule has 0 saturated carbocycles. The van der Waals surface area contributed by atoms with E-state index in [1.54, 1.807) is 41.6 Å². The molecule has 1 aromatic carbocycles. The SMILES string of the molecule is CCn1c2c(c(=O)n(CC)c1=O)N(C)C(/C=C/c1ccc(OC3CC[S+]([O-])CC3)c(F)c1)N2. The number of aromatic nitrogens is 2. The number of likely N-dealkylation sites (N-methyl/N-ethyl adjacent to an activating group) is 1. The minimum Gasteiger partial charge on any atom is -0.616 e. The van der Waals surface area contributed by atoms with Crippen molar-refractivity contribution in [3.63, 3.8) is 0 Å². The topological polar surface area (TPSA) is 91.6 Å². The first-order valence-corrected chi connectivity index (χ1v) is 12.7. The van der Waals surface area contributed by atoms with E-state index in [0.717, 1.165) is 0 Å². The monoisotopic (exact) mass is 476 g/mol. The van der Waals surface area contributed by atoms with Crippen LogP contribution in [-0.2, 0) is 24.3 Å². The molecule has 0 bridgehead atoms. The van der Waals surface area contributed by atoms with E-state index in [-0.39, 0.29) is 29.3 Å². The number of anilines is 2. The van der Waals surface area contributed by atoms with E-state index in [4.69, 9.17) is 4.74 Å². The number of halogens is 1. The minimum atomic E-state index is -0.789. The highest BCUT2D eigenvalue weighted by atomic mass is 32.2. The fourth-order valence-electron chi connectivity index (χ4n) is 4.26. The van der Waals surface area contributed by atoms with Crippen LogP contribution < -0.4 is 26.2 Å². The Bertz CT molecular complexity index is 1170. The zero-order chi connectivity index (χ0) is 23.7. The molecule has 33 heavy (non-hydrogen) atoms. The maximum absolute atomic E-state index is 14.6. The van der Waals surface area contributed by atoms with Gasteiger partial charge in [0.05, 0.1) is 0 Å². The molecule has 8 nitrogen and oxygen atoms in total. The van der Waals surface area contributed by atoms with Gasteiger partial charge in [-0.15, -0.1) is 0 Å². The van der Waals surface area contributed by atoms with Crippen LogP contribution in [0.2, 0.25) is 0 Å². The molecule has 0 spiro atoms. The third-order valence-electron chi connectivity index (χ3n) is 6.15. The smallest absolute Gasteiger partial charge is 0.332 e. The molecule has 1 atom stereocenters. The normalized spacial score (nSPS) is 22.5. The van der Waals surface area contributed by atoms with Gasteiger partial charge in [0.2, 0.25) is 0 Å². The van der Waals surface area contributed by atoms with E-state index < -0.39 is 17.0 Å². The van der Waals surface area contributed by atoms with Crippen LogP contribution in [0, 0.1) is 5.82 Å². The lowest BCUT2D eigenvalue weighted by molar-refractivity contribution is 0.181. The lowest BCUT2D eigenvalue weighted by atomic mass is 10.1. The van der Waals surface area contributed by atoms with Gasteiger partial charge in [-0.2, -0.15) is 0 Å². The van der Waals surface area contributed by atoms with E-state index >= 15 is 0 Å². The number of nitrogens with zero attached hydrogens (tertiary/aromatic N) is 3. The average Bonchev–Trinajstić information content (AvgIpc) is 3.12. The van der Waals surface area contributed by atoms with Gasteiger partial charge in [0, 0.05) is 33.0 Å². The van der Waals surface area contributed by atoms with Gasteiger partial charge in [0.25, 0.3) is 5.56 Å². The third-order valence-corrected chi connectivity index (χ3v) is 7.53. The van der Waals surface area contributed by atoms with Crippen LogP contribution in [0.25, 0.3) is 6.08 Å². The number of benzene rings is 1. The van der Waals surface area contributed by atoms with Gasteiger partial charge < -0.3 is 19.5 Å². The summed E-state index contributed by atoms with van der Waals surface area (Å²) in [5, 5.41) is 3.24. The second-order valence-corrected chi connectivity index (χ2v) is 9.88. The summed E-state index contributed by atoms with van der Waals surface area (Å²) in [6, 6.07) is 4.78. The molecule has 0 radical (unpaired) electrons. The van der Waals surface area contributed by atoms with E-state index in [2.05, 4.69) is 5.32 Å². The van der Waals surface area contributed by atoms with Crippen LogP contribution in [0.1, 0.15) is 32.3 Å². The Hall–Kier alpha value is -2.72. The largest absolute Gasteiger partial charge is 0.616 e. The first kappa shape index (κ1) is 23.4. The lowest BCUT2D eigenvalue weighted by Gasteiger charge is -2.25. The van der Waals surface area contributed by atoms with Crippen LogP contribution in [-0.4, -0.2) is 44.5 Å². The lowest BCUT2D eigenvalue weighted by Crippen LogP contribution is -2.41. The molecule has 2 aliphatic rings. The number of ether oxygens (including phenoxy) is 1. The van der Waals surface area contributed by atoms with Crippen molar-refractivity contribution in [1.29, 1.82) is 0 Å². The molecule has 2 aliphatic heterocycles. The molecule has 1 N–H and O–H groups in total. The molecule has 0 amide bonds. The molecule has 10 heteroatoms. The molecule has 3 heterocycles. The van der Waals surface area contributed by atoms with Crippen LogP contribution in [0.5, 0.6) is 5.75 Å². The first-order chi connectivity index (χ1) is 15.8. The van der Waals surface area contributed by atoms with Gasteiger partial charge in [-0.25, -0.2) is 9.18 Å². The highest BCUT2D eigenvalue weighted by Crippen LogP contribution is 2.30. The quantitative estimate of drug-likeness (QED) is 0.644. The second-order valence-electron chi connectivity index (χ2n) is 8.19. The Balaban J connectivity index is 1.51. The summed E-state index contributed by atoms with van der Waals surface area (Å²) in [6.45, 7) is 4.36. The summed E-state index contributed by atoms with van der Waals surface area (Å²) in [5.41, 5.74) is 0.425. The zero-order valence-electron chi connectivity index (χ0n) is 19.0. The highest BCUT2D eigenvalue weighted by molar-refractivity contribution is 7.91. The van der Waals surface area contributed by atoms with Crippen LogP contribution in [0.15, 0.2) is 33.9 Å². The molecular formula is C23H29FN4O4S. The second kappa shape index (κ2) is 9.64. The number of hydrogen-bond donors (Lipinski definition) is 1. The van der Waals surface area contributed by atoms with Gasteiger partial charge in [-0.05, 0) is 37.6 Å². The average molecular weight is 477 g/mol. The molecule has 1 unspecified atom stereocenters. The molecule has 2 aromatic rings. The van der Waals surface area contributed by atoms with Crippen molar-refractivity contribution in [2.45, 2.75) is 52.0 Å². The van der Waals surface area contributed by atoms with Crippen molar-refractivity contribution < 1.29 is 13.7 Å². The molecule has 1 saturated heterocycles.